The summed E-state index contributed by atoms with van der Waals surface area (Å²) in [4.78, 5) is 16.3. The smallest absolute Gasteiger partial charge is 0.244 e. The van der Waals surface area contributed by atoms with Gasteiger partial charge in [-0.1, -0.05) is 18.2 Å². The van der Waals surface area contributed by atoms with Crippen LogP contribution in [0.25, 0.3) is 6.08 Å². The van der Waals surface area contributed by atoms with Gasteiger partial charge in [-0.05, 0) is 49.8 Å². The minimum Gasteiger partial charge on any atom is -0.487 e. The second-order valence-corrected chi connectivity index (χ2v) is 9.78. The fourth-order valence-electron chi connectivity index (χ4n) is 3.34. The van der Waals surface area contributed by atoms with E-state index in [0.717, 1.165) is 11.3 Å². The second kappa shape index (κ2) is 11.2. The van der Waals surface area contributed by atoms with Gasteiger partial charge in [0.05, 0.1) is 23.7 Å². The highest BCUT2D eigenvalue weighted by Gasteiger charge is 2.30. The van der Waals surface area contributed by atoms with Gasteiger partial charge in [0, 0.05) is 31.9 Å². The van der Waals surface area contributed by atoms with Gasteiger partial charge in [-0.3, -0.25) is 9.78 Å². The van der Waals surface area contributed by atoms with Crippen LogP contribution in [0.5, 0.6) is 5.75 Å². The number of rotatable bonds is 9. The zero-order valence-electron chi connectivity index (χ0n) is 18.3. The van der Waals surface area contributed by atoms with Crippen molar-refractivity contribution in [3.8, 4) is 5.75 Å². The molecule has 3 rings (SSSR count). The lowest BCUT2D eigenvalue weighted by atomic mass is 10.2. The molecule has 2 heterocycles. The number of carbonyl (C=O) groups excluding carboxylic acids is 1. The van der Waals surface area contributed by atoms with Crippen LogP contribution in [0.15, 0.2) is 54.7 Å². The number of sulfonamides is 1. The Morgan fingerprint density at radius 1 is 1.19 bits per heavy atom. The lowest BCUT2D eigenvalue weighted by molar-refractivity contribution is -0.116. The molecule has 1 aliphatic heterocycles. The first-order chi connectivity index (χ1) is 15.3. The summed E-state index contributed by atoms with van der Waals surface area (Å²) in [6.45, 7) is 4.80. The average molecular weight is 460 g/mol. The van der Waals surface area contributed by atoms with E-state index in [1.165, 1.54) is 10.4 Å². The van der Waals surface area contributed by atoms with Gasteiger partial charge in [0.15, 0.2) is 0 Å². The quantitative estimate of drug-likeness (QED) is 0.578. The zero-order chi connectivity index (χ0) is 23.0. The third-order valence-corrected chi connectivity index (χ3v) is 6.66. The number of aromatic nitrogens is 1. The van der Waals surface area contributed by atoms with Crippen molar-refractivity contribution in [3.05, 3.63) is 66.0 Å². The fraction of sp³-hybridized carbons (Fsp3) is 0.391. The number of hydrogen-bond donors (Lipinski definition) is 1. The largest absolute Gasteiger partial charge is 0.487 e. The Balaban J connectivity index is 1.42. The molecule has 1 aliphatic rings. The molecule has 1 aromatic carbocycles. The highest BCUT2D eigenvalue weighted by Crippen LogP contribution is 2.15. The van der Waals surface area contributed by atoms with Crippen molar-refractivity contribution in [2.45, 2.75) is 32.7 Å². The van der Waals surface area contributed by atoms with Crippen molar-refractivity contribution in [2.24, 2.45) is 0 Å². The Labute approximate surface area is 189 Å². The van der Waals surface area contributed by atoms with E-state index in [9.17, 15) is 13.2 Å². The van der Waals surface area contributed by atoms with Gasteiger partial charge in [-0.25, -0.2) is 8.42 Å². The third-order valence-electron chi connectivity index (χ3n) is 4.86. The Bertz CT molecular complexity index is 1000. The van der Waals surface area contributed by atoms with Gasteiger partial charge >= 0.3 is 0 Å². The lowest BCUT2D eigenvalue weighted by Crippen LogP contribution is -2.49. The second-order valence-electron chi connectivity index (χ2n) is 7.69. The van der Waals surface area contributed by atoms with E-state index in [-0.39, 0.29) is 30.4 Å². The maximum atomic E-state index is 12.5. The summed E-state index contributed by atoms with van der Waals surface area (Å²) in [6, 6.07) is 13.0. The average Bonchev–Trinajstić information content (AvgIpc) is 2.77. The van der Waals surface area contributed by atoms with E-state index in [1.807, 2.05) is 56.3 Å². The predicted octanol–water partition coefficient (Wildman–Crippen LogP) is 2.23. The molecule has 0 spiro atoms. The van der Waals surface area contributed by atoms with Gasteiger partial charge in [0.2, 0.25) is 15.9 Å². The van der Waals surface area contributed by atoms with E-state index in [2.05, 4.69) is 10.3 Å². The molecule has 1 fully saturated rings. The maximum absolute atomic E-state index is 12.5. The lowest BCUT2D eigenvalue weighted by Gasteiger charge is -2.34. The molecular formula is C23H29N3O5S. The topological polar surface area (TPSA) is 97.8 Å². The van der Waals surface area contributed by atoms with Crippen molar-refractivity contribution in [2.75, 3.05) is 25.4 Å². The van der Waals surface area contributed by atoms with Crippen LogP contribution in [0.2, 0.25) is 0 Å². The zero-order valence-corrected chi connectivity index (χ0v) is 19.1. The molecule has 1 aromatic heterocycles. The molecule has 1 N–H and O–H groups in total. The molecule has 172 valence electrons. The molecule has 2 atom stereocenters. The van der Waals surface area contributed by atoms with Gasteiger partial charge in [-0.2, -0.15) is 4.31 Å². The molecule has 0 aliphatic carbocycles. The highest BCUT2D eigenvalue weighted by molar-refractivity contribution is 7.89. The summed E-state index contributed by atoms with van der Waals surface area (Å²) < 4.78 is 37.7. The van der Waals surface area contributed by atoms with Crippen LogP contribution >= 0.6 is 0 Å². The SMILES string of the molecule is CC1CN(S(=O)(=O)CCNC(=O)/C=C/c2ccc(OCc3ccccn3)cc2)CC(C)O1. The van der Waals surface area contributed by atoms with Crippen molar-refractivity contribution >= 4 is 22.0 Å². The van der Waals surface area contributed by atoms with E-state index in [4.69, 9.17) is 9.47 Å². The number of pyridine rings is 1. The molecule has 0 radical (unpaired) electrons. The molecule has 1 amide bonds. The molecule has 2 unspecified atom stereocenters. The number of amides is 1. The van der Waals surface area contributed by atoms with Crippen LogP contribution in [0.1, 0.15) is 25.1 Å². The maximum Gasteiger partial charge on any atom is 0.244 e. The molecule has 0 saturated carbocycles. The van der Waals surface area contributed by atoms with Gasteiger partial charge < -0.3 is 14.8 Å². The number of nitrogens with zero attached hydrogens (tertiary/aromatic N) is 2. The summed E-state index contributed by atoms with van der Waals surface area (Å²) in [6.07, 6.45) is 4.49. The summed E-state index contributed by atoms with van der Waals surface area (Å²) in [5, 5.41) is 2.63. The number of benzene rings is 1. The van der Waals surface area contributed by atoms with Crippen LogP contribution in [-0.2, 0) is 26.2 Å². The Kier molecular flexibility index (Phi) is 8.38. The van der Waals surface area contributed by atoms with Crippen molar-refractivity contribution < 1.29 is 22.7 Å². The Morgan fingerprint density at radius 3 is 2.56 bits per heavy atom. The minimum atomic E-state index is -3.45. The molecule has 32 heavy (non-hydrogen) atoms. The summed E-state index contributed by atoms with van der Waals surface area (Å²) in [5.41, 5.74) is 1.67. The van der Waals surface area contributed by atoms with E-state index >= 15 is 0 Å². The van der Waals surface area contributed by atoms with Crippen molar-refractivity contribution in [1.29, 1.82) is 0 Å². The van der Waals surface area contributed by atoms with Crippen molar-refractivity contribution in [1.82, 2.24) is 14.6 Å². The van der Waals surface area contributed by atoms with Crippen LogP contribution in [-0.4, -0.2) is 61.2 Å². The van der Waals surface area contributed by atoms with E-state index < -0.39 is 10.0 Å². The van der Waals surface area contributed by atoms with Crippen LogP contribution in [0, 0.1) is 0 Å². The Morgan fingerprint density at radius 2 is 1.91 bits per heavy atom. The molecule has 1 saturated heterocycles. The highest BCUT2D eigenvalue weighted by atomic mass is 32.2. The number of nitrogens with one attached hydrogen (secondary N) is 1. The number of ether oxygens (including phenoxy) is 2. The predicted molar refractivity (Wildman–Crippen MR) is 122 cm³/mol. The van der Waals surface area contributed by atoms with Crippen LogP contribution in [0.3, 0.4) is 0 Å². The molecule has 9 heteroatoms. The molecule has 0 bridgehead atoms. The minimum absolute atomic E-state index is 0.0475. The standard InChI is InChI=1S/C23H29N3O5S/c1-18-15-26(16-19(2)31-18)32(28,29)14-13-25-23(27)11-8-20-6-9-22(10-7-20)30-17-21-5-3-4-12-24-21/h3-12,18-19H,13-17H2,1-2H3,(H,25,27)/b11-8+. The van der Waals surface area contributed by atoms with Gasteiger partial charge in [0.1, 0.15) is 12.4 Å². The fourth-order valence-corrected chi connectivity index (χ4v) is 4.83. The first-order valence-corrected chi connectivity index (χ1v) is 12.1. The number of hydrogen-bond acceptors (Lipinski definition) is 6. The first-order valence-electron chi connectivity index (χ1n) is 10.5. The number of morpholine rings is 1. The van der Waals surface area contributed by atoms with Crippen LogP contribution in [0.4, 0.5) is 0 Å². The van der Waals surface area contributed by atoms with E-state index in [1.54, 1.807) is 12.3 Å². The summed E-state index contributed by atoms with van der Waals surface area (Å²) in [7, 11) is -3.45. The third kappa shape index (κ3) is 7.44. The first kappa shape index (κ1) is 23.9. The summed E-state index contributed by atoms with van der Waals surface area (Å²) in [5.74, 6) is 0.211. The number of carbonyl (C=O) groups is 1. The molecular weight excluding hydrogens is 430 g/mol. The summed E-state index contributed by atoms with van der Waals surface area (Å²) >= 11 is 0. The molecule has 2 aromatic rings. The van der Waals surface area contributed by atoms with E-state index in [0.29, 0.717) is 25.4 Å². The van der Waals surface area contributed by atoms with Gasteiger partial charge in [-0.15, -0.1) is 0 Å². The van der Waals surface area contributed by atoms with Crippen LogP contribution < -0.4 is 10.1 Å². The normalized spacial score (nSPS) is 19.7. The van der Waals surface area contributed by atoms with Gasteiger partial charge in [0.25, 0.3) is 0 Å². The molecule has 8 nitrogen and oxygen atoms in total. The van der Waals surface area contributed by atoms with Crippen molar-refractivity contribution in [3.63, 3.8) is 0 Å². The Hall–Kier alpha value is -2.75. The monoisotopic (exact) mass is 459 g/mol.